The Labute approximate surface area is 95.2 Å². The quantitative estimate of drug-likeness (QED) is 0.685. The van der Waals surface area contributed by atoms with Crippen molar-refractivity contribution in [2.75, 3.05) is 26.2 Å². The Morgan fingerprint density at radius 2 is 2.07 bits per heavy atom. The Bertz CT molecular complexity index is 159. The molecule has 2 atom stereocenters. The molecule has 0 bridgehead atoms. The van der Waals surface area contributed by atoms with Gasteiger partial charge in [0.25, 0.3) is 0 Å². The Morgan fingerprint density at radius 1 is 1.27 bits per heavy atom. The van der Waals surface area contributed by atoms with Crippen LogP contribution in [-0.2, 0) is 0 Å². The van der Waals surface area contributed by atoms with Gasteiger partial charge in [0, 0.05) is 6.54 Å². The first-order valence-corrected chi connectivity index (χ1v) is 6.70. The smallest absolute Gasteiger partial charge is 0.00101 e. The highest BCUT2D eigenvalue weighted by molar-refractivity contribution is 4.78. The van der Waals surface area contributed by atoms with Gasteiger partial charge >= 0.3 is 0 Å². The number of unbranched alkanes of at least 4 members (excludes halogenated alkanes) is 3. The van der Waals surface area contributed by atoms with Gasteiger partial charge in [0.15, 0.2) is 0 Å². The zero-order valence-electron chi connectivity index (χ0n) is 10.5. The lowest BCUT2D eigenvalue weighted by atomic mass is 9.87. The topological polar surface area (TPSA) is 29.3 Å². The van der Waals surface area contributed by atoms with Crippen molar-refractivity contribution in [3.8, 4) is 0 Å². The van der Waals surface area contributed by atoms with E-state index in [0.29, 0.717) is 0 Å². The van der Waals surface area contributed by atoms with Crippen molar-refractivity contribution in [2.45, 2.75) is 46.0 Å². The number of piperidine rings is 1. The van der Waals surface area contributed by atoms with E-state index < -0.39 is 0 Å². The molecule has 0 amide bonds. The number of rotatable bonds is 6. The maximum absolute atomic E-state index is 5.76. The molecule has 15 heavy (non-hydrogen) atoms. The van der Waals surface area contributed by atoms with Crippen LogP contribution in [0.5, 0.6) is 0 Å². The van der Waals surface area contributed by atoms with Crippen LogP contribution in [0.1, 0.15) is 46.0 Å². The van der Waals surface area contributed by atoms with Crippen LogP contribution in [0.15, 0.2) is 0 Å². The molecule has 0 radical (unpaired) electrons. The molecule has 0 aromatic heterocycles. The van der Waals surface area contributed by atoms with Crippen LogP contribution >= 0.6 is 0 Å². The second kappa shape index (κ2) is 7.24. The minimum absolute atomic E-state index is 0.775. The van der Waals surface area contributed by atoms with E-state index in [4.69, 9.17) is 5.73 Å². The summed E-state index contributed by atoms with van der Waals surface area (Å²) < 4.78 is 0. The minimum atomic E-state index is 0.775. The van der Waals surface area contributed by atoms with Gasteiger partial charge in [0.2, 0.25) is 0 Å². The second-order valence-corrected chi connectivity index (χ2v) is 5.12. The first kappa shape index (κ1) is 13.0. The van der Waals surface area contributed by atoms with E-state index in [1.54, 1.807) is 0 Å². The summed E-state index contributed by atoms with van der Waals surface area (Å²) in [5.74, 6) is 1.58. The molecule has 2 unspecified atom stereocenters. The van der Waals surface area contributed by atoms with Crippen LogP contribution in [0.4, 0.5) is 0 Å². The summed E-state index contributed by atoms with van der Waals surface area (Å²) in [5, 5.41) is 0. The van der Waals surface area contributed by atoms with E-state index in [0.717, 1.165) is 18.4 Å². The zero-order valence-corrected chi connectivity index (χ0v) is 10.5. The summed E-state index contributed by atoms with van der Waals surface area (Å²) in [4.78, 5) is 2.63. The monoisotopic (exact) mass is 212 g/mol. The number of hydrogen-bond acceptors (Lipinski definition) is 2. The van der Waals surface area contributed by atoms with Crippen LogP contribution in [0, 0.1) is 11.8 Å². The molecule has 2 nitrogen and oxygen atoms in total. The number of hydrogen-bond donors (Lipinski definition) is 1. The standard InChI is InChI=1S/C13H28N2/c1-3-4-5-6-8-15-9-7-13(10-14)12(2)11-15/h12-13H,3-11,14H2,1-2H3. The number of nitrogens with zero attached hydrogens (tertiary/aromatic N) is 1. The van der Waals surface area contributed by atoms with Crippen LogP contribution in [0.2, 0.25) is 0 Å². The Kier molecular flexibility index (Phi) is 6.26. The number of nitrogens with two attached hydrogens (primary N) is 1. The summed E-state index contributed by atoms with van der Waals surface area (Å²) in [6.07, 6.45) is 6.83. The summed E-state index contributed by atoms with van der Waals surface area (Å²) in [6.45, 7) is 9.36. The van der Waals surface area contributed by atoms with E-state index in [2.05, 4.69) is 18.7 Å². The van der Waals surface area contributed by atoms with Gasteiger partial charge in [-0.2, -0.15) is 0 Å². The van der Waals surface area contributed by atoms with Crippen LogP contribution in [0.3, 0.4) is 0 Å². The lowest BCUT2D eigenvalue weighted by Crippen LogP contribution is -2.42. The van der Waals surface area contributed by atoms with Crippen molar-refractivity contribution in [2.24, 2.45) is 17.6 Å². The van der Waals surface area contributed by atoms with Crippen LogP contribution < -0.4 is 5.73 Å². The first-order chi connectivity index (χ1) is 7.27. The van der Waals surface area contributed by atoms with Crippen LogP contribution in [0.25, 0.3) is 0 Å². The van der Waals surface area contributed by atoms with Gasteiger partial charge in [-0.25, -0.2) is 0 Å². The van der Waals surface area contributed by atoms with Crippen molar-refractivity contribution in [3.05, 3.63) is 0 Å². The van der Waals surface area contributed by atoms with E-state index in [-0.39, 0.29) is 0 Å². The molecule has 1 heterocycles. The van der Waals surface area contributed by atoms with Gasteiger partial charge in [0.1, 0.15) is 0 Å². The summed E-state index contributed by atoms with van der Waals surface area (Å²) in [7, 11) is 0. The third kappa shape index (κ3) is 4.52. The minimum Gasteiger partial charge on any atom is -0.330 e. The Hall–Kier alpha value is -0.0800. The molecule has 2 heteroatoms. The van der Waals surface area contributed by atoms with Gasteiger partial charge in [-0.3, -0.25) is 0 Å². The van der Waals surface area contributed by atoms with E-state index in [1.807, 2.05) is 0 Å². The molecule has 1 aliphatic rings. The molecule has 1 aliphatic heterocycles. The van der Waals surface area contributed by atoms with Crippen molar-refractivity contribution in [1.29, 1.82) is 0 Å². The summed E-state index contributed by atoms with van der Waals surface area (Å²) in [6, 6.07) is 0. The normalized spacial score (nSPS) is 28.2. The van der Waals surface area contributed by atoms with Crippen molar-refractivity contribution in [1.82, 2.24) is 4.90 Å². The molecule has 0 saturated carbocycles. The third-order valence-electron chi connectivity index (χ3n) is 3.80. The lowest BCUT2D eigenvalue weighted by molar-refractivity contribution is 0.131. The molecule has 90 valence electrons. The molecule has 0 spiro atoms. The zero-order chi connectivity index (χ0) is 11.1. The molecule has 0 aromatic carbocycles. The van der Waals surface area contributed by atoms with E-state index in [1.165, 1.54) is 51.7 Å². The van der Waals surface area contributed by atoms with E-state index >= 15 is 0 Å². The largest absolute Gasteiger partial charge is 0.330 e. The van der Waals surface area contributed by atoms with E-state index in [9.17, 15) is 0 Å². The molecule has 0 aromatic rings. The molecule has 2 N–H and O–H groups in total. The molecular formula is C13H28N2. The molecule has 1 fully saturated rings. The second-order valence-electron chi connectivity index (χ2n) is 5.12. The maximum atomic E-state index is 5.76. The highest BCUT2D eigenvalue weighted by atomic mass is 15.1. The van der Waals surface area contributed by atoms with Crippen molar-refractivity contribution < 1.29 is 0 Å². The fourth-order valence-corrected chi connectivity index (χ4v) is 2.60. The Morgan fingerprint density at radius 3 is 2.67 bits per heavy atom. The third-order valence-corrected chi connectivity index (χ3v) is 3.80. The first-order valence-electron chi connectivity index (χ1n) is 6.70. The molecular weight excluding hydrogens is 184 g/mol. The van der Waals surface area contributed by atoms with Gasteiger partial charge in [0.05, 0.1) is 0 Å². The lowest BCUT2D eigenvalue weighted by Gasteiger charge is -2.36. The summed E-state index contributed by atoms with van der Waals surface area (Å²) in [5.41, 5.74) is 5.76. The molecule has 1 saturated heterocycles. The fourth-order valence-electron chi connectivity index (χ4n) is 2.60. The van der Waals surface area contributed by atoms with Gasteiger partial charge in [-0.15, -0.1) is 0 Å². The highest BCUT2D eigenvalue weighted by Crippen LogP contribution is 2.22. The van der Waals surface area contributed by atoms with Crippen molar-refractivity contribution >= 4 is 0 Å². The van der Waals surface area contributed by atoms with Crippen molar-refractivity contribution in [3.63, 3.8) is 0 Å². The predicted octanol–water partition coefficient (Wildman–Crippen LogP) is 2.48. The van der Waals surface area contributed by atoms with Crippen LogP contribution in [-0.4, -0.2) is 31.1 Å². The average molecular weight is 212 g/mol. The Balaban J connectivity index is 2.11. The fraction of sp³-hybridized carbons (Fsp3) is 1.00. The maximum Gasteiger partial charge on any atom is 0.00101 e. The van der Waals surface area contributed by atoms with Gasteiger partial charge in [-0.05, 0) is 44.3 Å². The highest BCUT2D eigenvalue weighted by Gasteiger charge is 2.24. The number of likely N-dealkylation sites (tertiary alicyclic amines) is 1. The molecule has 0 aliphatic carbocycles. The SMILES string of the molecule is CCCCCCN1CCC(CN)C(C)C1. The van der Waals surface area contributed by atoms with Gasteiger partial charge < -0.3 is 10.6 Å². The molecule has 1 rings (SSSR count). The summed E-state index contributed by atoms with van der Waals surface area (Å²) >= 11 is 0. The average Bonchev–Trinajstić information content (AvgIpc) is 2.25. The predicted molar refractivity (Wildman–Crippen MR) is 66.9 cm³/mol. The van der Waals surface area contributed by atoms with Gasteiger partial charge in [-0.1, -0.05) is 33.1 Å².